The molecule has 0 bridgehead atoms. The van der Waals surface area contributed by atoms with E-state index < -0.39 is 49.1 Å². The average molecular weight is 564 g/mol. The lowest BCUT2D eigenvalue weighted by Crippen LogP contribution is -2.47. The van der Waals surface area contributed by atoms with Crippen LogP contribution >= 0.6 is 0 Å². The van der Waals surface area contributed by atoms with Crippen LogP contribution in [0.4, 0.5) is 17.6 Å². The SMILES string of the molecule is NCCOB(c1ccc(F)c(F)c1)C(OC(B(OCCN)c1ccc(F)c(F)c1)c1ccccc1)c1ccccc1. The second kappa shape index (κ2) is 15.0. The first-order valence-electron chi connectivity index (χ1n) is 13.2. The molecule has 2 atom stereocenters. The molecule has 0 radical (unpaired) electrons. The highest BCUT2D eigenvalue weighted by Crippen LogP contribution is 2.32. The van der Waals surface area contributed by atoms with Crippen molar-refractivity contribution in [3.8, 4) is 0 Å². The lowest BCUT2D eigenvalue weighted by atomic mass is 9.51. The molecule has 4 aromatic rings. The summed E-state index contributed by atoms with van der Waals surface area (Å²) in [5, 5.41) is 0. The van der Waals surface area contributed by atoms with Gasteiger partial charge in [-0.15, -0.1) is 0 Å². The molecular formula is C30H30B2F4N2O3. The molecular weight excluding hydrogens is 534 g/mol. The van der Waals surface area contributed by atoms with Gasteiger partial charge in [0, 0.05) is 26.3 Å². The van der Waals surface area contributed by atoms with Crippen LogP contribution < -0.4 is 22.4 Å². The van der Waals surface area contributed by atoms with Gasteiger partial charge in [0.2, 0.25) is 0 Å². The van der Waals surface area contributed by atoms with Crippen LogP contribution in [0.25, 0.3) is 0 Å². The fourth-order valence-corrected chi connectivity index (χ4v) is 4.58. The second-order valence-corrected chi connectivity index (χ2v) is 9.31. The van der Waals surface area contributed by atoms with Gasteiger partial charge in [0.1, 0.15) is 0 Å². The first-order valence-corrected chi connectivity index (χ1v) is 13.2. The molecule has 0 aliphatic rings. The quantitative estimate of drug-likeness (QED) is 0.180. The topological polar surface area (TPSA) is 79.7 Å². The van der Waals surface area contributed by atoms with Gasteiger partial charge in [-0.05, 0) is 46.3 Å². The van der Waals surface area contributed by atoms with Gasteiger partial charge in [0.05, 0.1) is 12.0 Å². The van der Waals surface area contributed by atoms with E-state index in [1.807, 2.05) is 60.7 Å². The Morgan fingerprint density at radius 2 is 0.927 bits per heavy atom. The number of benzene rings is 4. The van der Waals surface area contributed by atoms with Crippen LogP contribution in [0.5, 0.6) is 0 Å². The molecule has 4 aromatic carbocycles. The Balaban J connectivity index is 1.86. The van der Waals surface area contributed by atoms with Gasteiger partial charge in [-0.3, -0.25) is 0 Å². The fraction of sp³-hybridized carbons (Fsp3) is 0.200. The van der Waals surface area contributed by atoms with E-state index in [1.54, 1.807) is 0 Å². The molecule has 5 nitrogen and oxygen atoms in total. The summed E-state index contributed by atoms with van der Waals surface area (Å²) in [7, 11) is 0. The third-order valence-electron chi connectivity index (χ3n) is 6.47. The molecule has 2 unspecified atom stereocenters. The lowest BCUT2D eigenvalue weighted by molar-refractivity contribution is 0.0511. The molecule has 0 aliphatic heterocycles. The van der Waals surface area contributed by atoms with Gasteiger partial charge < -0.3 is 25.5 Å². The maximum atomic E-state index is 14.4. The second-order valence-electron chi connectivity index (χ2n) is 9.31. The molecule has 0 saturated carbocycles. The fourth-order valence-electron chi connectivity index (χ4n) is 4.58. The highest BCUT2D eigenvalue weighted by Gasteiger charge is 2.40. The number of ether oxygens (including phenoxy) is 1. The van der Waals surface area contributed by atoms with E-state index >= 15 is 0 Å². The summed E-state index contributed by atoms with van der Waals surface area (Å²) in [5.74, 6) is -4.08. The molecule has 0 amide bonds. The third-order valence-corrected chi connectivity index (χ3v) is 6.47. The summed E-state index contributed by atoms with van der Waals surface area (Å²) in [6.07, 6.45) is 0. The standard InChI is InChI=1S/C30H30B2F4N2O3/c33-25-13-11-23(19-27(25)35)31(39-17-15-37)29(21-7-3-1-4-8-21)41-30(22-9-5-2-6-10-22)32(40-18-16-38)24-12-14-26(34)28(36)20-24/h1-14,19-20,29-30H,15-18,37-38H2. The molecule has 11 heteroatoms. The molecule has 0 saturated heterocycles. The Morgan fingerprint density at radius 3 is 1.27 bits per heavy atom. The van der Waals surface area contributed by atoms with E-state index in [0.29, 0.717) is 22.1 Å². The van der Waals surface area contributed by atoms with Gasteiger partial charge in [0.15, 0.2) is 23.3 Å². The normalized spacial score (nSPS) is 12.6. The Hall–Kier alpha value is -3.47. The highest BCUT2D eigenvalue weighted by atomic mass is 19.2. The Labute approximate surface area is 237 Å². The number of hydrogen-bond donors (Lipinski definition) is 2. The van der Waals surface area contributed by atoms with Crippen LogP contribution in [0.15, 0.2) is 97.1 Å². The molecule has 0 aromatic heterocycles. The van der Waals surface area contributed by atoms with E-state index in [-0.39, 0.29) is 26.3 Å². The molecule has 0 spiro atoms. The highest BCUT2D eigenvalue weighted by molar-refractivity contribution is 6.69. The van der Waals surface area contributed by atoms with Crippen molar-refractivity contribution in [3.05, 3.63) is 131 Å². The van der Waals surface area contributed by atoms with Gasteiger partial charge >= 0.3 is 13.8 Å². The Bertz CT molecular complexity index is 1280. The monoisotopic (exact) mass is 564 g/mol. The molecule has 0 heterocycles. The minimum Gasteiger partial charge on any atom is -0.427 e. The van der Waals surface area contributed by atoms with Crippen molar-refractivity contribution < 1.29 is 31.6 Å². The molecule has 212 valence electrons. The van der Waals surface area contributed by atoms with Crippen LogP contribution in [0.2, 0.25) is 0 Å². The Kier molecular flexibility index (Phi) is 11.1. The number of hydrogen-bond acceptors (Lipinski definition) is 5. The maximum Gasteiger partial charge on any atom is 0.361 e. The molecule has 41 heavy (non-hydrogen) atoms. The van der Waals surface area contributed by atoms with Crippen molar-refractivity contribution in [2.45, 2.75) is 12.0 Å². The Morgan fingerprint density at radius 1 is 0.537 bits per heavy atom. The number of halogens is 4. The summed E-state index contributed by atoms with van der Waals surface area (Å²) in [5.41, 5.74) is 13.5. The summed E-state index contributed by atoms with van der Waals surface area (Å²) in [6, 6.07) is 23.4. The molecule has 4 N–H and O–H groups in total. The summed E-state index contributed by atoms with van der Waals surface area (Å²) in [4.78, 5) is 0. The number of nitrogens with two attached hydrogens (primary N) is 2. The largest absolute Gasteiger partial charge is 0.427 e. The predicted molar refractivity (Wildman–Crippen MR) is 153 cm³/mol. The lowest BCUT2D eigenvalue weighted by Gasteiger charge is -2.33. The van der Waals surface area contributed by atoms with E-state index in [4.69, 9.17) is 25.5 Å². The number of rotatable bonds is 14. The van der Waals surface area contributed by atoms with E-state index in [1.165, 1.54) is 12.1 Å². The van der Waals surface area contributed by atoms with Crippen LogP contribution in [0.3, 0.4) is 0 Å². The first kappa shape index (κ1) is 30.5. The van der Waals surface area contributed by atoms with Crippen molar-refractivity contribution in [1.82, 2.24) is 0 Å². The van der Waals surface area contributed by atoms with Crippen molar-refractivity contribution in [2.24, 2.45) is 11.5 Å². The average Bonchev–Trinajstić information content (AvgIpc) is 3.00. The minimum absolute atomic E-state index is 0.0998. The van der Waals surface area contributed by atoms with Crippen molar-refractivity contribution in [1.29, 1.82) is 0 Å². The van der Waals surface area contributed by atoms with Crippen molar-refractivity contribution in [3.63, 3.8) is 0 Å². The van der Waals surface area contributed by atoms with Crippen LogP contribution in [-0.2, 0) is 14.0 Å². The summed E-state index contributed by atoms with van der Waals surface area (Å²) < 4.78 is 75.7. The van der Waals surface area contributed by atoms with Gasteiger partial charge in [0.25, 0.3) is 0 Å². The van der Waals surface area contributed by atoms with E-state index in [2.05, 4.69) is 0 Å². The smallest absolute Gasteiger partial charge is 0.361 e. The van der Waals surface area contributed by atoms with Crippen molar-refractivity contribution >= 4 is 24.8 Å². The maximum absolute atomic E-state index is 14.4. The zero-order valence-electron chi connectivity index (χ0n) is 22.3. The zero-order valence-corrected chi connectivity index (χ0v) is 22.3. The van der Waals surface area contributed by atoms with Gasteiger partial charge in [-0.1, -0.05) is 72.8 Å². The van der Waals surface area contributed by atoms with Crippen molar-refractivity contribution in [2.75, 3.05) is 26.3 Å². The molecule has 0 aliphatic carbocycles. The molecule has 0 fully saturated rings. The molecule has 4 rings (SSSR count). The van der Waals surface area contributed by atoms with Gasteiger partial charge in [-0.25, -0.2) is 17.6 Å². The van der Waals surface area contributed by atoms with E-state index in [0.717, 1.165) is 24.3 Å². The first-order chi connectivity index (χ1) is 19.9. The predicted octanol–water partition coefficient (Wildman–Crippen LogP) is 3.87. The van der Waals surface area contributed by atoms with Crippen LogP contribution in [0, 0.1) is 23.3 Å². The van der Waals surface area contributed by atoms with Gasteiger partial charge in [-0.2, -0.15) is 0 Å². The van der Waals surface area contributed by atoms with Crippen LogP contribution in [-0.4, -0.2) is 40.1 Å². The minimum atomic E-state index is -1.04. The van der Waals surface area contributed by atoms with E-state index in [9.17, 15) is 17.6 Å². The summed E-state index contributed by atoms with van der Waals surface area (Å²) in [6.45, 7) is -1.32. The summed E-state index contributed by atoms with van der Waals surface area (Å²) >= 11 is 0. The van der Waals surface area contributed by atoms with Crippen LogP contribution in [0.1, 0.15) is 23.1 Å². The third kappa shape index (κ3) is 7.84. The zero-order chi connectivity index (χ0) is 29.2.